The van der Waals surface area contributed by atoms with Crippen molar-refractivity contribution in [1.82, 2.24) is 0 Å². The smallest absolute Gasteiger partial charge is 0.0642 e. The predicted molar refractivity (Wildman–Crippen MR) is 64.9 cm³/mol. The maximum absolute atomic E-state index is 5.35. The van der Waals surface area contributed by atoms with E-state index in [1.54, 1.807) is 11.3 Å². The van der Waals surface area contributed by atoms with Gasteiger partial charge in [-0.15, -0.1) is 11.3 Å². The first-order valence-corrected chi connectivity index (χ1v) is 6.11. The summed E-state index contributed by atoms with van der Waals surface area (Å²) in [6.45, 7) is 3.72. The van der Waals surface area contributed by atoms with E-state index in [1.165, 1.54) is 15.8 Å². The molecule has 2 nitrogen and oxygen atoms in total. The Morgan fingerprint density at radius 3 is 2.87 bits per heavy atom. The molecule has 0 saturated carbocycles. The summed E-state index contributed by atoms with van der Waals surface area (Å²) in [4.78, 5) is 2.39. The fourth-order valence-corrected chi connectivity index (χ4v) is 2.74. The third kappa shape index (κ3) is 1.73. The van der Waals surface area contributed by atoms with E-state index in [9.17, 15) is 0 Å². The van der Waals surface area contributed by atoms with Crippen LogP contribution in [-0.4, -0.2) is 26.3 Å². The average molecular weight is 219 g/mol. The molecule has 1 fully saturated rings. The van der Waals surface area contributed by atoms with Crippen LogP contribution in [-0.2, 0) is 4.74 Å². The van der Waals surface area contributed by atoms with E-state index in [1.807, 2.05) is 0 Å². The molecule has 1 aliphatic heterocycles. The van der Waals surface area contributed by atoms with E-state index in [0.29, 0.717) is 0 Å². The lowest BCUT2D eigenvalue weighted by Crippen LogP contribution is -2.36. The summed E-state index contributed by atoms with van der Waals surface area (Å²) in [6.07, 6.45) is 0. The Kier molecular flexibility index (Phi) is 2.35. The highest BCUT2D eigenvalue weighted by molar-refractivity contribution is 7.17. The lowest BCUT2D eigenvalue weighted by Gasteiger charge is -2.28. The first kappa shape index (κ1) is 9.19. The molecule has 0 unspecified atom stereocenters. The molecule has 0 aliphatic carbocycles. The summed E-state index contributed by atoms with van der Waals surface area (Å²) in [7, 11) is 0. The zero-order chi connectivity index (χ0) is 10.1. The molecule has 2 aromatic rings. The second-order valence-corrected chi connectivity index (χ2v) is 4.69. The normalized spacial score (nSPS) is 17.2. The third-order valence-electron chi connectivity index (χ3n) is 2.81. The highest BCUT2D eigenvalue weighted by Gasteiger charge is 2.11. The number of hydrogen-bond acceptors (Lipinski definition) is 3. The second kappa shape index (κ2) is 3.83. The van der Waals surface area contributed by atoms with Crippen molar-refractivity contribution in [2.75, 3.05) is 31.2 Å². The monoisotopic (exact) mass is 219 g/mol. The van der Waals surface area contributed by atoms with Crippen molar-refractivity contribution in [3.05, 3.63) is 29.6 Å². The molecule has 3 heteroatoms. The van der Waals surface area contributed by atoms with Crippen LogP contribution in [0.1, 0.15) is 0 Å². The SMILES string of the molecule is c1cc2cc(N3CCOCC3)ccc2s1. The molecular weight excluding hydrogens is 206 g/mol. The minimum Gasteiger partial charge on any atom is -0.378 e. The minimum atomic E-state index is 0.849. The van der Waals surface area contributed by atoms with Crippen LogP contribution in [0.5, 0.6) is 0 Å². The Morgan fingerprint density at radius 2 is 2.00 bits per heavy atom. The van der Waals surface area contributed by atoms with Gasteiger partial charge in [-0.2, -0.15) is 0 Å². The van der Waals surface area contributed by atoms with Gasteiger partial charge < -0.3 is 9.64 Å². The van der Waals surface area contributed by atoms with Crippen LogP contribution in [0.4, 0.5) is 5.69 Å². The summed E-state index contributed by atoms with van der Waals surface area (Å²) in [5, 5.41) is 3.50. The number of hydrogen-bond donors (Lipinski definition) is 0. The van der Waals surface area contributed by atoms with Crippen LogP contribution < -0.4 is 4.90 Å². The van der Waals surface area contributed by atoms with Crippen molar-refractivity contribution in [1.29, 1.82) is 0 Å². The van der Waals surface area contributed by atoms with Crippen LogP contribution >= 0.6 is 11.3 Å². The van der Waals surface area contributed by atoms with Crippen LogP contribution in [0, 0.1) is 0 Å². The molecule has 0 atom stereocenters. The molecule has 78 valence electrons. The van der Waals surface area contributed by atoms with Crippen LogP contribution in [0.2, 0.25) is 0 Å². The van der Waals surface area contributed by atoms with E-state index in [0.717, 1.165) is 26.3 Å². The summed E-state index contributed by atoms with van der Waals surface area (Å²) < 4.78 is 6.72. The van der Waals surface area contributed by atoms with Gasteiger partial charge in [0.2, 0.25) is 0 Å². The highest BCUT2D eigenvalue weighted by Crippen LogP contribution is 2.26. The van der Waals surface area contributed by atoms with Crippen molar-refractivity contribution < 1.29 is 4.74 Å². The summed E-state index contributed by atoms with van der Waals surface area (Å²) in [5.41, 5.74) is 1.32. The van der Waals surface area contributed by atoms with Gasteiger partial charge in [0.05, 0.1) is 13.2 Å². The Balaban J connectivity index is 1.95. The minimum absolute atomic E-state index is 0.849. The zero-order valence-corrected chi connectivity index (χ0v) is 9.30. The van der Waals surface area contributed by atoms with Gasteiger partial charge in [0.25, 0.3) is 0 Å². The fourth-order valence-electron chi connectivity index (χ4n) is 1.97. The zero-order valence-electron chi connectivity index (χ0n) is 8.48. The number of nitrogens with zero attached hydrogens (tertiary/aromatic N) is 1. The molecular formula is C12H13NOS. The first-order chi connectivity index (χ1) is 7.43. The van der Waals surface area contributed by atoms with Crippen molar-refractivity contribution in [2.24, 2.45) is 0 Å². The van der Waals surface area contributed by atoms with E-state index in [4.69, 9.17) is 4.74 Å². The van der Waals surface area contributed by atoms with E-state index < -0.39 is 0 Å². The van der Waals surface area contributed by atoms with E-state index in [2.05, 4.69) is 34.5 Å². The molecule has 0 bridgehead atoms. The first-order valence-electron chi connectivity index (χ1n) is 5.23. The third-order valence-corrected chi connectivity index (χ3v) is 3.71. The lowest BCUT2D eigenvalue weighted by atomic mass is 10.2. The van der Waals surface area contributed by atoms with Gasteiger partial charge in [0, 0.05) is 23.5 Å². The van der Waals surface area contributed by atoms with E-state index >= 15 is 0 Å². The average Bonchev–Trinajstić information content (AvgIpc) is 2.77. The Morgan fingerprint density at radius 1 is 1.13 bits per heavy atom. The van der Waals surface area contributed by atoms with Crippen molar-refractivity contribution in [3.63, 3.8) is 0 Å². The number of morpholine rings is 1. The number of thiophene rings is 1. The van der Waals surface area contributed by atoms with Gasteiger partial charge in [0.1, 0.15) is 0 Å². The predicted octanol–water partition coefficient (Wildman–Crippen LogP) is 2.74. The molecule has 1 aliphatic rings. The molecule has 1 aromatic heterocycles. The molecule has 0 radical (unpaired) electrons. The second-order valence-electron chi connectivity index (χ2n) is 3.74. The largest absolute Gasteiger partial charge is 0.378 e. The van der Waals surface area contributed by atoms with E-state index in [-0.39, 0.29) is 0 Å². The molecule has 1 aromatic carbocycles. The molecule has 15 heavy (non-hydrogen) atoms. The van der Waals surface area contributed by atoms with Crippen molar-refractivity contribution >= 4 is 27.1 Å². The summed E-state index contributed by atoms with van der Waals surface area (Å²) in [5.74, 6) is 0. The van der Waals surface area contributed by atoms with Crippen LogP contribution in [0.3, 0.4) is 0 Å². The number of rotatable bonds is 1. The quantitative estimate of drug-likeness (QED) is 0.731. The Hall–Kier alpha value is -1.06. The van der Waals surface area contributed by atoms with Crippen LogP contribution in [0.15, 0.2) is 29.6 Å². The fraction of sp³-hybridized carbons (Fsp3) is 0.333. The lowest BCUT2D eigenvalue weighted by molar-refractivity contribution is 0.122. The highest BCUT2D eigenvalue weighted by atomic mass is 32.1. The summed E-state index contributed by atoms with van der Waals surface area (Å²) >= 11 is 1.80. The molecule has 0 spiro atoms. The number of anilines is 1. The maximum Gasteiger partial charge on any atom is 0.0642 e. The van der Waals surface area contributed by atoms with Gasteiger partial charge >= 0.3 is 0 Å². The molecule has 0 amide bonds. The van der Waals surface area contributed by atoms with Gasteiger partial charge in [-0.25, -0.2) is 0 Å². The van der Waals surface area contributed by atoms with Crippen molar-refractivity contribution in [2.45, 2.75) is 0 Å². The van der Waals surface area contributed by atoms with Gasteiger partial charge in [-0.05, 0) is 35.0 Å². The molecule has 1 saturated heterocycles. The van der Waals surface area contributed by atoms with Gasteiger partial charge in [-0.3, -0.25) is 0 Å². The number of ether oxygens (including phenoxy) is 1. The molecule has 2 heterocycles. The standard InChI is InChI=1S/C12H13NOS/c1-2-12-10(3-8-15-12)9-11(1)13-4-6-14-7-5-13/h1-3,8-9H,4-7H2. The number of benzene rings is 1. The van der Waals surface area contributed by atoms with Gasteiger partial charge in [-0.1, -0.05) is 0 Å². The summed E-state index contributed by atoms with van der Waals surface area (Å²) in [6, 6.07) is 8.88. The van der Waals surface area contributed by atoms with Gasteiger partial charge in [0.15, 0.2) is 0 Å². The molecule has 3 rings (SSSR count). The molecule has 0 N–H and O–H groups in total. The number of fused-ring (bicyclic) bond motifs is 1. The Labute approximate surface area is 93.1 Å². The maximum atomic E-state index is 5.35. The topological polar surface area (TPSA) is 12.5 Å². The Bertz CT molecular complexity index is 459. The van der Waals surface area contributed by atoms with Crippen LogP contribution in [0.25, 0.3) is 10.1 Å². The van der Waals surface area contributed by atoms with Crippen molar-refractivity contribution in [3.8, 4) is 0 Å².